The van der Waals surface area contributed by atoms with Gasteiger partial charge < -0.3 is 16.0 Å². The van der Waals surface area contributed by atoms with E-state index in [1.807, 2.05) is 13.8 Å². The van der Waals surface area contributed by atoms with Crippen molar-refractivity contribution in [2.24, 2.45) is 23.7 Å². The summed E-state index contributed by atoms with van der Waals surface area (Å²) < 4.78 is 41.9. The van der Waals surface area contributed by atoms with Crippen molar-refractivity contribution in [1.82, 2.24) is 16.0 Å². The van der Waals surface area contributed by atoms with Crippen molar-refractivity contribution in [3.8, 4) is 0 Å². The highest BCUT2D eigenvalue weighted by Crippen LogP contribution is 2.46. The Labute approximate surface area is 163 Å². The molecule has 3 aliphatic heterocycles. The molecule has 0 aromatic carbocycles. The molecule has 10 unspecified atom stereocenters. The Balaban J connectivity index is 1.39. The number of fused-ring (bicyclic) bond motifs is 2. The molecule has 4 nitrogen and oxygen atoms in total. The largest absolute Gasteiger partial charge is 0.354 e. The molecule has 0 aromatic rings. The SMILES string of the molecule is CC(C)NC(=O)C1CSC2NC(C3CNC4C(F)C(F)C(F)CC34)CCC21. The third kappa shape index (κ3) is 3.62. The van der Waals surface area contributed by atoms with Crippen molar-refractivity contribution in [2.75, 3.05) is 12.3 Å². The zero-order valence-corrected chi connectivity index (χ0v) is 16.7. The van der Waals surface area contributed by atoms with Crippen LogP contribution in [0.3, 0.4) is 0 Å². The van der Waals surface area contributed by atoms with E-state index in [-0.39, 0.29) is 47.5 Å². The van der Waals surface area contributed by atoms with Crippen LogP contribution >= 0.6 is 11.8 Å². The number of carbonyl (C=O) groups is 1. The zero-order chi connectivity index (χ0) is 19.3. The van der Waals surface area contributed by atoms with Gasteiger partial charge in [-0.1, -0.05) is 0 Å². The maximum absolute atomic E-state index is 14.2. The van der Waals surface area contributed by atoms with E-state index in [0.29, 0.717) is 12.5 Å². The van der Waals surface area contributed by atoms with Crippen LogP contribution < -0.4 is 16.0 Å². The van der Waals surface area contributed by atoms with E-state index in [0.717, 1.165) is 18.6 Å². The summed E-state index contributed by atoms with van der Waals surface area (Å²) >= 11 is 1.78. The number of hydrogen-bond acceptors (Lipinski definition) is 4. The standard InChI is InChI=1S/C19H30F3N3OS/c1-8(2)24-18(26)12-7-27-19-9(12)3-4-14(25-19)11-6-23-17-10(11)5-13(20)15(21)16(17)22/h8-17,19,23,25H,3-7H2,1-2H3,(H,24,26). The van der Waals surface area contributed by atoms with Crippen LogP contribution in [0.4, 0.5) is 13.2 Å². The van der Waals surface area contributed by atoms with Gasteiger partial charge in [0.05, 0.1) is 11.3 Å². The summed E-state index contributed by atoms with van der Waals surface area (Å²) in [6, 6.07) is -0.263. The van der Waals surface area contributed by atoms with Gasteiger partial charge in [0.1, 0.15) is 12.3 Å². The van der Waals surface area contributed by atoms with Crippen molar-refractivity contribution < 1.29 is 18.0 Å². The molecule has 0 aromatic heterocycles. The van der Waals surface area contributed by atoms with E-state index >= 15 is 0 Å². The number of alkyl halides is 3. The highest BCUT2D eigenvalue weighted by atomic mass is 32.2. The fraction of sp³-hybridized carbons (Fsp3) is 0.947. The second kappa shape index (κ2) is 7.75. The fourth-order valence-electron chi connectivity index (χ4n) is 5.60. The number of amides is 1. The minimum Gasteiger partial charge on any atom is -0.354 e. The van der Waals surface area contributed by atoms with E-state index in [4.69, 9.17) is 0 Å². The lowest BCUT2D eigenvalue weighted by Gasteiger charge is -2.41. The van der Waals surface area contributed by atoms with Gasteiger partial charge in [0.2, 0.25) is 5.91 Å². The molecular weight excluding hydrogens is 375 g/mol. The molecule has 0 spiro atoms. The first-order chi connectivity index (χ1) is 12.9. The Bertz CT molecular complexity index is 568. The summed E-state index contributed by atoms with van der Waals surface area (Å²) in [5.74, 6) is 1.23. The first-order valence-corrected chi connectivity index (χ1v) is 11.2. The zero-order valence-electron chi connectivity index (χ0n) is 15.8. The van der Waals surface area contributed by atoms with Crippen LogP contribution in [0.25, 0.3) is 0 Å². The molecule has 1 amide bonds. The Kier molecular flexibility index (Phi) is 5.69. The first kappa shape index (κ1) is 19.8. The number of nitrogens with one attached hydrogen (secondary N) is 3. The second-order valence-corrected chi connectivity index (χ2v) is 10.1. The summed E-state index contributed by atoms with van der Waals surface area (Å²) in [5, 5.41) is 10.0. The van der Waals surface area contributed by atoms with Gasteiger partial charge in [-0.3, -0.25) is 4.79 Å². The molecule has 4 aliphatic rings. The topological polar surface area (TPSA) is 53.2 Å². The Morgan fingerprint density at radius 2 is 1.89 bits per heavy atom. The van der Waals surface area contributed by atoms with Gasteiger partial charge in [-0.05, 0) is 50.9 Å². The number of rotatable bonds is 3. The normalized spacial score (nSPS) is 49.7. The molecule has 27 heavy (non-hydrogen) atoms. The number of halogens is 3. The predicted molar refractivity (Wildman–Crippen MR) is 101 cm³/mol. The Morgan fingerprint density at radius 1 is 1.11 bits per heavy atom. The molecule has 1 aliphatic carbocycles. The number of carbonyl (C=O) groups excluding carboxylic acids is 1. The van der Waals surface area contributed by atoms with Gasteiger partial charge in [0, 0.05) is 30.4 Å². The molecule has 3 N–H and O–H groups in total. The average Bonchev–Trinajstić information content (AvgIpc) is 3.22. The van der Waals surface area contributed by atoms with Gasteiger partial charge >= 0.3 is 0 Å². The van der Waals surface area contributed by atoms with Crippen LogP contribution in [0.15, 0.2) is 0 Å². The first-order valence-electron chi connectivity index (χ1n) is 10.2. The lowest BCUT2D eigenvalue weighted by molar-refractivity contribution is -0.126. The van der Waals surface area contributed by atoms with Crippen LogP contribution in [0, 0.1) is 23.7 Å². The van der Waals surface area contributed by atoms with Crippen molar-refractivity contribution in [3.05, 3.63) is 0 Å². The molecule has 4 rings (SSSR count). The lowest BCUT2D eigenvalue weighted by Crippen LogP contribution is -2.54. The molecule has 8 heteroatoms. The highest BCUT2D eigenvalue weighted by molar-refractivity contribution is 8.00. The molecule has 154 valence electrons. The summed E-state index contributed by atoms with van der Waals surface area (Å²) in [7, 11) is 0. The average molecular weight is 406 g/mol. The minimum atomic E-state index is -2.01. The Hall–Kier alpha value is -0.470. The molecule has 0 radical (unpaired) electrons. The van der Waals surface area contributed by atoms with Gasteiger partial charge in [-0.15, -0.1) is 11.8 Å². The van der Waals surface area contributed by atoms with Gasteiger partial charge in [0.15, 0.2) is 6.17 Å². The van der Waals surface area contributed by atoms with Crippen LogP contribution in [0.5, 0.6) is 0 Å². The summed E-state index contributed by atoms with van der Waals surface area (Å²) in [5.41, 5.74) is 0. The molecule has 1 saturated carbocycles. The minimum absolute atomic E-state index is 0.0257. The van der Waals surface area contributed by atoms with Crippen LogP contribution in [-0.4, -0.2) is 60.2 Å². The molecule has 0 bridgehead atoms. The number of piperidine rings is 1. The van der Waals surface area contributed by atoms with E-state index < -0.39 is 24.6 Å². The van der Waals surface area contributed by atoms with E-state index in [1.54, 1.807) is 11.8 Å². The molecule has 3 saturated heterocycles. The highest BCUT2D eigenvalue weighted by Gasteiger charge is 2.54. The summed E-state index contributed by atoms with van der Waals surface area (Å²) in [6.45, 7) is 4.54. The predicted octanol–water partition coefficient (Wildman–Crippen LogP) is 2.19. The summed E-state index contributed by atoms with van der Waals surface area (Å²) in [4.78, 5) is 12.5. The van der Waals surface area contributed by atoms with Crippen LogP contribution in [0.1, 0.15) is 33.1 Å². The van der Waals surface area contributed by atoms with E-state index in [2.05, 4.69) is 16.0 Å². The second-order valence-electron chi connectivity index (χ2n) is 8.94. The quantitative estimate of drug-likeness (QED) is 0.674. The monoisotopic (exact) mass is 405 g/mol. The van der Waals surface area contributed by atoms with E-state index in [1.165, 1.54) is 0 Å². The van der Waals surface area contributed by atoms with Crippen molar-refractivity contribution in [3.63, 3.8) is 0 Å². The molecule has 3 heterocycles. The number of hydrogen-bond donors (Lipinski definition) is 3. The Morgan fingerprint density at radius 3 is 2.63 bits per heavy atom. The molecule has 4 fully saturated rings. The summed E-state index contributed by atoms with van der Waals surface area (Å²) in [6.07, 6.45) is -3.52. The fourth-order valence-corrected chi connectivity index (χ4v) is 7.25. The maximum Gasteiger partial charge on any atom is 0.224 e. The van der Waals surface area contributed by atoms with Crippen molar-refractivity contribution in [2.45, 2.75) is 75.1 Å². The third-order valence-electron chi connectivity index (χ3n) is 6.93. The van der Waals surface area contributed by atoms with Crippen molar-refractivity contribution >= 4 is 17.7 Å². The lowest BCUT2D eigenvalue weighted by atomic mass is 9.72. The molecular formula is C19H30F3N3OS. The van der Waals surface area contributed by atoms with Crippen LogP contribution in [-0.2, 0) is 4.79 Å². The van der Waals surface area contributed by atoms with Gasteiger partial charge in [-0.2, -0.15) is 0 Å². The third-order valence-corrected chi connectivity index (χ3v) is 8.32. The number of thioether (sulfide) groups is 1. The smallest absolute Gasteiger partial charge is 0.224 e. The molecule has 10 atom stereocenters. The maximum atomic E-state index is 14.2. The van der Waals surface area contributed by atoms with E-state index in [9.17, 15) is 18.0 Å². The van der Waals surface area contributed by atoms with Crippen LogP contribution in [0.2, 0.25) is 0 Å². The van der Waals surface area contributed by atoms with Gasteiger partial charge in [0.25, 0.3) is 0 Å². The van der Waals surface area contributed by atoms with Crippen molar-refractivity contribution in [1.29, 1.82) is 0 Å². The van der Waals surface area contributed by atoms with Gasteiger partial charge in [-0.25, -0.2) is 13.2 Å².